The van der Waals surface area contributed by atoms with Crippen molar-refractivity contribution in [2.24, 2.45) is 0 Å². The standard InChI is InChI=1S/C22H25N3O2S/c1-15-5-7-16(8-6-15)9-14-19(26)23-21(28)25-24-20(27)17-10-12-18(13-11-17)22(2,3)4/h5-14H,1-4H3,(H,24,27)(H2,23,25,26,28). The molecule has 0 bridgehead atoms. The minimum absolute atomic E-state index is 0.0122. The fourth-order valence-corrected chi connectivity index (χ4v) is 2.49. The number of amides is 2. The molecule has 0 aliphatic rings. The van der Waals surface area contributed by atoms with E-state index in [0.29, 0.717) is 5.56 Å². The van der Waals surface area contributed by atoms with Gasteiger partial charge in [-0.2, -0.15) is 0 Å². The van der Waals surface area contributed by atoms with Crippen LogP contribution in [0.2, 0.25) is 0 Å². The number of hydrogen-bond donors (Lipinski definition) is 3. The van der Waals surface area contributed by atoms with Crippen molar-refractivity contribution in [3.63, 3.8) is 0 Å². The summed E-state index contributed by atoms with van der Waals surface area (Å²) in [5, 5.41) is 2.49. The molecular weight excluding hydrogens is 370 g/mol. The van der Waals surface area contributed by atoms with Gasteiger partial charge in [0.05, 0.1) is 0 Å². The topological polar surface area (TPSA) is 70.2 Å². The van der Waals surface area contributed by atoms with Gasteiger partial charge in [-0.25, -0.2) is 0 Å². The Morgan fingerprint density at radius 3 is 2.11 bits per heavy atom. The maximum Gasteiger partial charge on any atom is 0.269 e. The molecule has 2 rings (SSSR count). The van der Waals surface area contributed by atoms with Crippen molar-refractivity contribution >= 4 is 35.2 Å². The summed E-state index contributed by atoms with van der Waals surface area (Å²) in [6, 6.07) is 15.1. The largest absolute Gasteiger partial charge is 0.298 e. The lowest BCUT2D eigenvalue weighted by Gasteiger charge is -2.19. The molecule has 6 heteroatoms. The third kappa shape index (κ3) is 6.63. The molecule has 2 aromatic carbocycles. The molecule has 28 heavy (non-hydrogen) atoms. The molecule has 0 fully saturated rings. The van der Waals surface area contributed by atoms with Gasteiger partial charge in [0.1, 0.15) is 0 Å². The Kier molecular flexibility index (Phi) is 7.06. The Bertz CT molecular complexity index is 879. The van der Waals surface area contributed by atoms with Crippen molar-refractivity contribution in [3.8, 4) is 0 Å². The van der Waals surface area contributed by atoms with Gasteiger partial charge in [0.2, 0.25) is 5.91 Å². The first-order chi connectivity index (χ1) is 13.1. The predicted molar refractivity (Wildman–Crippen MR) is 117 cm³/mol. The Morgan fingerprint density at radius 1 is 0.929 bits per heavy atom. The zero-order valence-electron chi connectivity index (χ0n) is 16.5. The smallest absolute Gasteiger partial charge is 0.269 e. The molecule has 5 nitrogen and oxygen atoms in total. The van der Waals surface area contributed by atoms with Gasteiger partial charge < -0.3 is 0 Å². The first-order valence-corrected chi connectivity index (χ1v) is 9.32. The van der Waals surface area contributed by atoms with E-state index in [0.717, 1.165) is 16.7 Å². The van der Waals surface area contributed by atoms with E-state index < -0.39 is 0 Å². The zero-order valence-corrected chi connectivity index (χ0v) is 17.3. The molecule has 146 valence electrons. The third-order valence-electron chi connectivity index (χ3n) is 4.04. The van der Waals surface area contributed by atoms with E-state index >= 15 is 0 Å². The average Bonchev–Trinajstić information content (AvgIpc) is 2.65. The number of nitrogens with one attached hydrogen (secondary N) is 3. The van der Waals surface area contributed by atoms with Crippen LogP contribution in [0, 0.1) is 6.92 Å². The lowest BCUT2D eigenvalue weighted by Crippen LogP contribution is -2.48. The van der Waals surface area contributed by atoms with E-state index in [9.17, 15) is 9.59 Å². The van der Waals surface area contributed by atoms with Crippen LogP contribution in [0.25, 0.3) is 6.08 Å². The van der Waals surface area contributed by atoms with Crippen LogP contribution in [-0.4, -0.2) is 16.9 Å². The van der Waals surface area contributed by atoms with Crippen molar-refractivity contribution < 1.29 is 9.59 Å². The lowest BCUT2D eigenvalue weighted by molar-refractivity contribution is -0.115. The van der Waals surface area contributed by atoms with Gasteiger partial charge in [0, 0.05) is 11.6 Å². The Morgan fingerprint density at radius 2 is 1.54 bits per heavy atom. The van der Waals surface area contributed by atoms with Crippen LogP contribution in [0.15, 0.2) is 54.6 Å². The van der Waals surface area contributed by atoms with Gasteiger partial charge >= 0.3 is 0 Å². The summed E-state index contributed by atoms with van der Waals surface area (Å²) in [6.07, 6.45) is 3.07. The monoisotopic (exact) mass is 395 g/mol. The van der Waals surface area contributed by atoms with E-state index in [2.05, 4.69) is 36.9 Å². The second-order valence-electron chi connectivity index (χ2n) is 7.47. The first-order valence-electron chi connectivity index (χ1n) is 8.92. The van der Waals surface area contributed by atoms with E-state index in [-0.39, 0.29) is 22.3 Å². The summed E-state index contributed by atoms with van der Waals surface area (Å²) in [4.78, 5) is 24.1. The van der Waals surface area contributed by atoms with Gasteiger partial charge in [0.15, 0.2) is 5.11 Å². The molecular formula is C22H25N3O2S. The molecule has 2 aromatic rings. The number of benzene rings is 2. The molecule has 0 heterocycles. The zero-order chi connectivity index (χ0) is 20.7. The summed E-state index contributed by atoms with van der Waals surface area (Å²) in [5.74, 6) is -0.728. The minimum atomic E-state index is -0.387. The lowest BCUT2D eigenvalue weighted by atomic mass is 9.87. The number of carbonyl (C=O) groups excluding carboxylic acids is 2. The molecule has 0 radical (unpaired) electrons. The average molecular weight is 396 g/mol. The highest BCUT2D eigenvalue weighted by Crippen LogP contribution is 2.22. The van der Waals surface area contributed by atoms with Crippen LogP contribution < -0.4 is 16.2 Å². The number of carbonyl (C=O) groups is 2. The number of hydrogen-bond acceptors (Lipinski definition) is 3. The maximum atomic E-state index is 12.2. The molecule has 0 aliphatic carbocycles. The van der Waals surface area contributed by atoms with Gasteiger partial charge in [0.25, 0.3) is 5.91 Å². The molecule has 0 saturated carbocycles. The van der Waals surface area contributed by atoms with Crippen molar-refractivity contribution in [2.75, 3.05) is 0 Å². The highest BCUT2D eigenvalue weighted by Gasteiger charge is 2.14. The van der Waals surface area contributed by atoms with Crippen molar-refractivity contribution in [3.05, 3.63) is 76.9 Å². The molecule has 0 aromatic heterocycles. The van der Waals surface area contributed by atoms with Crippen molar-refractivity contribution in [1.29, 1.82) is 0 Å². The molecule has 3 N–H and O–H groups in total. The Hall–Kier alpha value is -2.99. The number of thiocarbonyl (C=S) groups is 1. The van der Waals surface area contributed by atoms with E-state index in [1.54, 1.807) is 18.2 Å². The summed E-state index contributed by atoms with van der Waals surface area (Å²) in [7, 11) is 0. The number of aryl methyl sites for hydroxylation is 1. The summed E-state index contributed by atoms with van der Waals surface area (Å²) < 4.78 is 0. The predicted octanol–water partition coefficient (Wildman–Crippen LogP) is 3.64. The van der Waals surface area contributed by atoms with Gasteiger partial charge in [-0.15, -0.1) is 0 Å². The van der Waals surface area contributed by atoms with E-state index in [1.807, 2.05) is 43.3 Å². The Labute approximate surface area is 171 Å². The summed E-state index contributed by atoms with van der Waals surface area (Å²) in [5.41, 5.74) is 8.71. The summed E-state index contributed by atoms with van der Waals surface area (Å²) in [6.45, 7) is 8.33. The second kappa shape index (κ2) is 9.28. The third-order valence-corrected chi connectivity index (χ3v) is 4.25. The van der Waals surface area contributed by atoms with Crippen LogP contribution in [-0.2, 0) is 10.2 Å². The minimum Gasteiger partial charge on any atom is -0.298 e. The number of rotatable bonds is 3. The first kappa shape index (κ1) is 21.3. The second-order valence-corrected chi connectivity index (χ2v) is 7.88. The summed E-state index contributed by atoms with van der Waals surface area (Å²) >= 11 is 5.02. The molecule has 0 aliphatic heterocycles. The normalized spacial score (nSPS) is 11.1. The maximum absolute atomic E-state index is 12.2. The molecule has 0 spiro atoms. The molecule has 2 amide bonds. The van der Waals surface area contributed by atoms with Crippen molar-refractivity contribution in [2.45, 2.75) is 33.1 Å². The fraction of sp³-hybridized carbons (Fsp3) is 0.227. The highest BCUT2D eigenvalue weighted by atomic mass is 32.1. The van der Waals surface area contributed by atoms with Crippen LogP contribution in [0.1, 0.15) is 47.8 Å². The van der Waals surface area contributed by atoms with Crippen molar-refractivity contribution in [1.82, 2.24) is 16.2 Å². The van der Waals surface area contributed by atoms with E-state index in [4.69, 9.17) is 12.2 Å². The SMILES string of the molecule is Cc1ccc(C=CC(=O)NC(=S)NNC(=O)c2ccc(C(C)(C)C)cc2)cc1. The van der Waals surface area contributed by atoms with Gasteiger partial charge in [-0.3, -0.25) is 25.8 Å². The van der Waals surface area contributed by atoms with Crippen LogP contribution >= 0.6 is 12.2 Å². The van der Waals surface area contributed by atoms with Gasteiger partial charge in [-0.05, 0) is 53.9 Å². The molecule has 0 atom stereocenters. The fourth-order valence-electron chi connectivity index (χ4n) is 2.34. The van der Waals surface area contributed by atoms with Gasteiger partial charge in [-0.1, -0.05) is 62.7 Å². The molecule has 0 unspecified atom stereocenters. The van der Waals surface area contributed by atoms with Crippen LogP contribution in [0.4, 0.5) is 0 Å². The van der Waals surface area contributed by atoms with Crippen LogP contribution in [0.3, 0.4) is 0 Å². The number of hydrazine groups is 1. The quantitative estimate of drug-likeness (QED) is 0.422. The van der Waals surface area contributed by atoms with Crippen LogP contribution in [0.5, 0.6) is 0 Å². The Balaban J connectivity index is 1.82. The van der Waals surface area contributed by atoms with E-state index in [1.165, 1.54) is 6.08 Å². The molecule has 0 saturated heterocycles. The highest BCUT2D eigenvalue weighted by molar-refractivity contribution is 7.80.